The van der Waals surface area contributed by atoms with Crippen molar-refractivity contribution < 1.29 is 18.3 Å². The zero-order valence-electron chi connectivity index (χ0n) is 25.0. The second-order valence-electron chi connectivity index (χ2n) is 11.1. The van der Waals surface area contributed by atoms with Crippen LogP contribution in [-0.2, 0) is 11.2 Å². The summed E-state index contributed by atoms with van der Waals surface area (Å²) in [5, 5.41) is 2.30. The van der Waals surface area contributed by atoms with E-state index in [1.165, 1.54) is 11.1 Å². The highest BCUT2D eigenvalue weighted by Crippen LogP contribution is 2.37. The number of aryl methyl sites for hydroxylation is 1. The van der Waals surface area contributed by atoms with E-state index in [4.69, 9.17) is 22.9 Å². The third-order valence-electron chi connectivity index (χ3n) is 8.03. The number of carbonyl (C=O) groups excluding carboxylic acids is 1. The maximum atomic E-state index is 16.6. The van der Waals surface area contributed by atoms with Crippen molar-refractivity contribution in [3.05, 3.63) is 113 Å². The normalized spacial score (nSPS) is 14.8. The van der Waals surface area contributed by atoms with E-state index in [1.807, 2.05) is 54.3 Å². The predicted molar refractivity (Wildman–Crippen MR) is 175 cm³/mol. The van der Waals surface area contributed by atoms with Gasteiger partial charge in [-0.05, 0) is 23.9 Å². The molecular formula is C35H29ClF2N6O2. The molecule has 1 atom stereocenters. The van der Waals surface area contributed by atoms with E-state index in [9.17, 15) is 9.18 Å². The number of hydrogen-bond acceptors (Lipinski definition) is 6. The summed E-state index contributed by atoms with van der Waals surface area (Å²) in [4.78, 5) is 32.8. The van der Waals surface area contributed by atoms with Gasteiger partial charge in [-0.25, -0.2) is 15.4 Å². The first-order valence-electron chi connectivity index (χ1n) is 14.7. The molecule has 1 aliphatic rings. The van der Waals surface area contributed by atoms with Crippen molar-refractivity contribution >= 4 is 45.0 Å². The molecule has 0 N–H and O–H groups in total. The van der Waals surface area contributed by atoms with E-state index in [1.54, 1.807) is 12.1 Å². The molecule has 8 nitrogen and oxygen atoms in total. The van der Waals surface area contributed by atoms with Crippen molar-refractivity contribution in [3.8, 4) is 17.3 Å². The first-order valence-corrected chi connectivity index (χ1v) is 15.1. The Hall–Kier alpha value is -5.14. The summed E-state index contributed by atoms with van der Waals surface area (Å²) < 4.78 is 36.4. The summed E-state index contributed by atoms with van der Waals surface area (Å²) in [7, 11) is 0. The van der Waals surface area contributed by atoms with Gasteiger partial charge in [-0.1, -0.05) is 78.3 Å². The highest BCUT2D eigenvalue weighted by atomic mass is 35.5. The van der Waals surface area contributed by atoms with Crippen LogP contribution in [0.15, 0.2) is 79.3 Å². The Morgan fingerprint density at radius 1 is 1.15 bits per heavy atom. The number of hydrogen-bond donors (Lipinski definition) is 0. The fourth-order valence-electron chi connectivity index (χ4n) is 5.87. The summed E-state index contributed by atoms with van der Waals surface area (Å²) in [6, 6.07) is 18.3. The Kier molecular flexibility index (Phi) is 8.77. The highest BCUT2D eigenvalue weighted by molar-refractivity contribution is 6.36. The fraction of sp³-hybridized carbons (Fsp3) is 0.229. The number of anilines is 1. The molecule has 2 aromatic heterocycles. The van der Waals surface area contributed by atoms with Crippen LogP contribution < -0.4 is 9.64 Å². The minimum absolute atomic E-state index is 0.00184. The SMILES string of the molecule is [C-]#[N+]C[C@H]1CN(c2nc(OCCc3cccc(C)c3)nc3c(F)c(-c4cccc5cccc(Cl)c45)ncc23)CCN1C(=O)C(=C)F. The molecule has 11 heteroatoms. The number of carbonyl (C=O) groups is 1. The number of amides is 1. The molecule has 0 saturated carbocycles. The molecule has 232 valence electrons. The molecule has 6 rings (SSSR count). The third kappa shape index (κ3) is 6.06. The van der Waals surface area contributed by atoms with Crippen molar-refractivity contribution in [2.24, 2.45) is 0 Å². The molecule has 0 aliphatic carbocycles. The number of nitrogens with zero attached hydrogens (tertiary/aromatic N) is 6. The summed E-state index contributed by atoms with van der Waals surface area (Å²) >= 11 is 6.56. The molecule has 1 saturated heterocycles. The smallest absolute Gasteiger partial charge is 0.319 e. The van der Waals surface area contributed by atoms with Gasteiger partial charge in [0.15, 0.2) is 11.6 Å². The minimum atomic E-state index is -1.09. The molecule has 5 aromatic rings. The average molecular weight is 639 g/mol. The summed E-state index contributed by atoms with van der Waals surface area (Å²) in [5.41, 5.74) is 2.79. The molecule has 1 amide bonds. The first-order chi connectivity index (χ1) is 22.2. The van der Waals surface area contributed by atoms with Gasteiger partial charge >= 0.3 is 6.01 Å². The minimum Gasteiger partial charge on any atom is -0.463 e. The first kappa shape index (κ1) is 30.9. The molecule has 3 heterocycles. The van der Waals surface area contributed by atoms with Gasteiger partial charge in [-0.15, -0.1) is 0 Å². The van der Waals surface area contributed by atoms with Gasteiger partial charge in [-0.3, -0.25) is 9.78 Å². The van der Waals surface area contributed by atoms with E-state index in [0.29, 0.717) is 33.6 Å². The largest absolute Gasteiger partial charge is 0.463 e. The number of rotatable bonds is 8. The Bertz CT molecular complexity index is 2030. The summed E-state index contributed by atoms with van der Waals surface area (Å²) in [6.07, 6.45) is 2.10. The Morgan fingerprint density at radius 3 is 2.70 bits per heavy atom. The maximum Gasteiger partial charge on any atom is 0.319 e. The second-order valence-corrected chi connectivity index (χ2v) is 11.5. The molecule has 0 unspecified atom stereocenters. The molecule has 0 spiro atoms. The van der Waals surface area contributed by atoms with E-state index in [0.717, 1.165) is 16.5 Å². The van der Waals surface area contributed by atoms with Crippen LogP contribution in [0.3, 0.4) is 0 Å². The Balaban J connectivity index is 1.43. The van der Waals surface area contributed by atoms with Crippen molar-refractivity contribution in [3.63, 3.8) is 0 Å². The lowest BCUT2D eigenvalue weighted by Crippen LogP contribution is -2.56. The van der Waals surface area contributed by atoms with E-state index in [2.05, 4.69) is 32.4 Å². The van der Waals surface area contributed by atoms with Gasteiger partial charge in [0.25, 0.3) is 5.91 Å². The van der Waals surface area contributed by atoms with Crippen molar-refractivity contribution in [1.29, 1.82) is 0 Å². The standard InChI is InChI=1S/C35H29ClF2N6O2/c1-21-7-4-8-23(17-21)13-16-46-35-41-32-27(33(42-35)43-14-15-44(34(45)22(2)37)25(20-43)18-39-3)19-40-31(30(32)38)26-11-5-9-24-10-6-12-28(36)29(24)26/h4-12,17,19,25H,2,13-16,18,20H2,1H3/t25-/m0/s1. The number of benzene rings is 3. The van der Waals surface area contributed by atoms with Gasteiger partial charge in [0.05, 0.1) is 12.0 Å². The fourth-order valence-corrected chi connectivity index (χ4v) is 6.15. The van der Waals surface area contributed by atoms with Crippen LogP contribution >= 0.6 is 11.6 Å². The molecule has 0 bridgehead atoms. The van der Waals surface area contributed by atoms with Gasteiger partial charge in [0.2, 0.25) is 6.54 Å². The average Bonchev–Trinajstić information content (AvgIpc) is 3.04. The molecule has 1 aliphatic heterocycles. The van der Waals surface area contributed by atoms with E-state index in [-0.39, 0.29) is 50.0 Å². The molecule has 3 aromatic carbocycles. The Morgan fingerprint density at radius 2 is 1.93 bits per heavy atom. The zero-order chi connectivity index (χ0) is 32.4. The van der Waals surface area contributed by atoms with Crippen molar-refractivity contribution in [1.82, 2.24) is 19.9 Å². The van der Waals surface area contributed by atoms with E-state index >= 15 is 4.39 Å². The van der Waals surface area contributed by atoms with Crippen LogP contribution in [0.5, 0.6) is 6.01 Å². The van der Waals surface area contributed by atoms with Gasteiger partial charge in [0.1, 0.15) is 23.1 Å². The van der Waals surface area contributed by atoms with Crippen LogP contribution in [0.4, 0.5) is 14.6 Å². The number of fused-ring (bicyclic) bond motifs is 2. The lowest BCUT2D eigenvalue weighted by molar-refractivity contribution is -0.131. The van der Waals surface area contributed by atoms with Crippen LogP contribution in [0, 0.1) is 19.3 Å². The number of pyridine rings is 1. The number of aromatic nitrogens is 3. The number of piperazine rings is 1. The van der Waals surface area contributed by atoms with Gasteiger partial charge in [-0.2, -0.15) is 9.97 Å². The molecule has 46 heavy (non-hydrogen) atoms. The van der Waals surface area contributed by atoms with Crippen LogP contribution in [0.25, 0.3) is 37.8 Å². The third-order valence-corrected chi connectivity index (χ3v) is 8.35. The van der Waals surface area contributed by atoms with Crippen molar-refractivity contribution in [2.75, 3.05) is 37.7 Å². The number of halogens is 3. The lowest BCUT2D eigenvalue weighted by atomic mass is 10.0. The molecule has 1 fully saturated rings. The summed E-state index contributed by atoms with van der Waals surface area (Å²) in [6.45, 7) is 13.3. The summed E-state index contributed by atoms with van der Waals surface area (Å²) in [5.74, 6) is -2.28. The zero-order valence-corrected chi connectivity index (χ0v) is 25.8. The molecular weight excluding hydrogens is 610 g/mol. The maximum absolute atomic E-state index is 16.6. The van der Waals surface area contributed by atoms with Gasteiger partial charge in [0, 0.05) is 48.2 Å². The van der Waals surface area contributed by atoms with Gasteiger partial charge < -0.3 is 19.4 Å². The van der Waals surface area contributed by atoms with Crippen LogP contribution in [-0.4, -0.2) is 64.6 Å². The molecule has 0 radical (unpaired) electrons. The highest BCUT2D eigenvalue weighted by Gasteiger charge is 2.35. The monoisotopic (exact) mass is 638 g/mol. The lowest BCUT2D eigenvalue weighted by Gasteiger charge is -2.39. The van der Waals surface area contributed by atoms with Crippen LogP contribution in [0.1, 0.15) is 11.1 Å². The number of ether oxygens (including phenoxy) is 1. The Labute approximate surface area is 269 Å². The van der Waals surface area contributed by atoms with E-state index < -0.39 is 23.6 Å². The predicted octanol–water partition coefficient (Wildman–Crippen LogP) is 6.99. The van der Waals surface area contributed by atoms with Crippen molar-refractivity contribution in [2.45, 2.75) is 19.4 Å². The topological polar surface area (TPSA) is 75.8 Å². The quantitative estimate of drug-likeness (QED) is 0.135. The second kappa shape index (κ2) is 13.1. The van der Waals surface area contributed by atoms with Crippen LogP contribution in [0.2, 0.25) is 5.02 Å².